The monoisotopic (exact) mass is 210 g/mol. The predicted octanol–water partition coefficient (Wildman–Crippen LogP) is 2.06. The molecule has 0 radical (unpaired) electrons. The zero-order chi connectivity index (χ0) is 11.5. The van der Waals surface area contributed by atoms with Gasteiger partial charge in [0.1, 0.15) is 0 Å². The van der Waals surface area contributed by atoms with E-state index in [1.54, 1.807) is 12.1 Å². The van der Waals surface area contributed by atoms with Gasteiger partial charge in [0.2, 0.25) is 0 Å². The van der Waals surface area contributed by atoms with Crippen molar-refractivity contribution < 1.29 is 14.9 Å². The van der Waals surface area contributed by atoms with E-state index in [9.17, 15) is 5.11 Å². The van der Waals surface area contributed by atoms with Crippen molar-refractivity contribution in [1.29, 1.82) is 0 Å². The van der Waals surface area contributed by atoms with E-state index in [1.807, 2.05) is 19.9 Å². The molecule has 0 amide bonds. The van der Waals surface area contributed by atoms with Crippen molar-refractivity contribution >= 4 is 0 Å². The van der Waals surface area contributed by atoms with E-state index in [-0.39, 0.29) is 17.8 Å². The van der Waals surface area contributed by atoms with Crippen LogP contribution in [0.25, 0.3) is 0 Å². The number of hydrogen-bond donors (Lipinski definition) is 2. The summed E-state index contributed by atoms with van der Waals surface area (Å²) in [6.45, 7) is 4.20. The van der Waals surface area contributed by atoms with Gasteiger partial charge in [0.15, 0.2) is 11.5 Å². The van der Waals surface area contributed by atoms with Gasteiger partial charge in [-0.2, -0.15) is 0 Å². The standard InChI is InChI=1S/C12H18O3/c1-12(2,6-7-13)9-4-5-11(15-3)10(14)8-9/h4-5,8,13-14H,6-7H2,1-3H3. The van der Waals surface area contributed by atoms with Crippen molar-refractivity contribution in [2.24, 2.45) is 0 Å². The molecule has 0 aromatic heterocycles. The van der Waals surface area contributed by atoms with Crippen LogP contribution in [0.1, 0.15) is 25.8 Å². The van der Waals surface area contributed by atoms with E-state index in [0.29, 0.717) is 12.2 Å². The molecule has 1 aromatic rings. The Bertz CT molecular complexity index is 332. The van der Waals surface area contributed by atoms with E-state index in [2.05, 4.69) is 0 Å². The summed E-state index contributed by atoms with van der Waals surface area (Å²) in [5.41, 5.74) is 0.855. The van der Waals surface area contributed by atoms with Crippen LogP contribution in [-0.4, -0.2) is 23.9 Å². The van der Waals surface area contributed by atoms with Crippen LogP contribution in [0.3, 0.4) is 0 Å². The summed E-state index contributed by atoms with van der Waals surface area (Å²) in [5.74, 6) is 0.611. The van der Waals surface area contributed by atoms with E-state index in [4.69, 9.17) is 9.84 Å². The lowest BCUT2D eigenvalue weighted by atomic mass is 9.82. The third-order valence-electron chi connectivity index (χ3n) is 2.70. The minimum absolute atomic E-state index is 0.139. The molecule has 0 atom stereocenters. The zero-order valence-electron chi connectivity index (χ0n) is 9.45. The second-order valence-corrected chi connectivity index (χ2v) is 4.24. The number of aromatic hydroxyl groups is 1. The molecule has 3 heteroatoms. The predicted molar refractivity (Wildman–Crippen MR) is 59.4 cm³/mol. The third-order valence-corrected chi connectivity index (χ3v) is 2.70. The van der Waals surface area contributed by atoms with Gasteiger partial charge in [-0.05, 0) is 29.5 Å². The fourth-order valence-electron chi connectivity index (χ4n) is 1.53. The molecule has 84 valence electrons. The first kappa shape index (κ1) is 11.9. The Morgan fingerprint density at radius 1 is 1.33 bits per heavy atom. The van der Waals surface area contributed by atoms with Crippen LogP contribution in [0.15, 0.2) is 18.2 Å². The first-order valence-electron chi connectivity index (χ1n) is 4.99. The number of phenols is 1. The van der Waals surface area contributed by atoms with Crippen molar-refractivity contribution in [2.75, 3.05) is 13.7 Å². The number of aliphatic hydroxyl groups excluding tert-OH is 1. The van der Waals surface area contributed by atoms with Crippen LogP contribution in [-0.2, 0) is 5.41 Å². The lowest BCUT2D eigenvalue weighted by Crippen LogP contribution is -2.18. The van der Waals surface area contributed by atoms with E-state index in [0.717, 1.165) is 5.56 Å². The molecule has 15 heavy (non-hydrogen) atoms. The Labute approximate surface area is 90.3 Å². The molecule has 0 aliphatic carbocycles. The summed E-state index contributed by atoms with van der Waals surface area (Å²) in [4.78, 5) is 0. The summed E-state index contributed by atoms with van der Waals surface area (Å²) in [7, 11) is 1.52. The van der Waals surface area contributed by atoms with Crippen LogP contribution in [0.5, 0.6) is 11.5 Å². The molecule has 2 N–H and O–H groups in total. The molecule has 0 aliphatic rings. The zero-order valence-corrected chi connectivity index (χ0v) is 9.45. The van der Waals surface area contributed by atoms with Gasteiger partial charge >= 0.3 is 0 Å². The lowest BCUT2D eigenvalue weighted by molar-refractivity contribution is 0.252. The van der Waals surface area contributed by atoms with Gasteiger partial charge in [-0.25, -0.2) is 0 Å². The number of benzene rings is 1. The van der Waals surface area contributed by atoms with Crippen LogP contribution < -0.4 is 4.74 Å². The van der Waals surface area contributed by atoms with Gasteiger partial charge in [0.05, 0.1) is 7.11 Å². The average Bonchev–Trinajstić information content (AvgIpc) is 2.17. The maximum Gasteiger partial charge on any atom is 0.160 e. The first-order valence-corrected chi connectivity index (χ1v) is 4.99. The van der Waals surface area contributed by atoms with Crippen molar-refractivity contribution in [3.63, 3.8) is 0 Å². The summed E-state index contributed by atoms with van der Waals surface area (Å²) in [6, 6.07) is 5.34. The maximum atomic E-state index is 9.64. The van der Waals surface area contributed by atoms with Gasteiger partial charge in [-0.3, -0.25) is 0 Å². The molecule has 0 fully saturated rings. The van der Waals surface area contributed by atoms with Crippen LogP contribution >= 0.6 is 0 Å². The van der Waals surface area contributed by atoms with Crippen molar-refractivity contribution in [1.82, 2.24) is 0 Å². The Hall–Kier alpha value is -1.22. The van der Waals surface area contributed by atoms with Crippen molar-refractivity contribution in [3.8, 4) is 11.5 Å². The molecule has 3 nitrogen and oxygen atoms in total. The van der Waals surface area contributed by atoms with Crippen molar-refractivity contribution in [2.45, 2.75) is 25.7 Å². The SMILES string of the molecule is COc1ccc(C(C)(C)CCO)cc1O. The Morgan fingerprint density at radius 2 is 2.00 bits per heavy atom. The van der Waals surface area contributed by atoms with Crippen LogP contribution in [0, 0.1) is 0 Å². The second-order valence-electron chi connectivity index (χ2n) is 4.24. The average molecular weight is 210 g/mol. The van der Waals surface area contributed by atoms with Crippen LogP contribution in [0.4, 0.5) is 0 Å². The summed E-state index contributed by atoms with van der Waals surface area (Å²) >= 11 is 0. The molecular weight excluding hydrogens is 192 g/mol. The lowest BCUT2D eigenvalue weighted by Gasteiger charge is -2.24. The van der Waals surface area contributed by atoms with Gasteiger partial charge in [-0.1, -0.05) is 19.9 Å². The Kier molecular flexibility index (Phi) is 3.58. The maximum absolute atomic E-state index is 9.64. The molecule has 0 unspecified atom stereocenters. The number of ether oxygens (including phenoxy) is 1. The van der Waals surface area contributed by atoms with E-state index in [1.165, 1.54) is 7.11 Å². The highest BCUT2D eigenvalue weighted by Crippen LogP contribution is 2.33. The number of hydrogen-bond acceptors (Lipinski definition) is 3. The topological polar surface area (TPSA) is 49.7 Å². The Balaban J connectivity index is 3.01. The normalized spacial score (nSPS) is 11.5. The number of aliphatic hydroxyl groups is 1. The second kappa shape index (κ2) is 4.53. The highest BCUT2D eigenvalue weighted by molar-refractivity contribution is 5.43. The first-order chi connectivity index (χ1) is 7.01. The van der Waals surface area contributed by atoms with Gasteiger partial charge in [0.25, 0.3) is 0 Å². The molecule has 0 saturated heterocycles. The molecule has 0 spiro atoms. The van der Waals surface area contributed by atoms with Gasteiger partial charge in [-0.15, -0.1) is 0 Å². The molecule has 0 heterocycles. The van der Waals surface area contributed by atoms with E-state index >= 15 is 0 Å². The Morgan fingerprint density at radius 3 is 2.47 bits per heavy atom. The molecule has 0 saturated carbocycles. The quantitative estimate of drug-likeness (QED) is 0.799. The molecule has 1 aromatic carbocycles. The van der Waals surface area contributed by atoms with E-state index < -0.39 is 0 Å². The highest BCUT2D eigenvalue weighted by Gasteiger charge is 2.21. The molecular formula is C12H18O3. The fourth-order valence-corrected chi connectivity index (χ4v) is 1.53. The summed E-state index contributed by atoms with van der Waals surface area (Å²) in [6.07, 6.45) is 0.665. The summed E-state index contributed by atoms with van der Waals surface area (Å²) < 4.78 is 4.97. The number of phenolic OH excluding ortho intramolecular Hbond substituents is 1. The van der Waals surface area contributed by atoms with Gasteiger partial charge < -0.3 is 14.9 Å². The molecule has 0 aliphatic heterocycles. The number of rotatable bonds is 4. The molecule has 1 rings (SSSR count). The highest BCUT2D eigenvalue weighted by atomic mass is 16.5. The minimum Gasteiger partial charge on any atom is -0.504 e. The largest absolute Gasteiger partial charge is 0.504 e. The molecule has 0 bridgehead atoms. The van der Waals surface area contributed by atoms with Crippen LogP contribution in [0.2, 0.25) is 0 Å². The summed E-state index contributed by atoms with van der Waals surface area (Å²) in [5, 5.41) is 18.6. The van der Waals surface area contributed by atoms with Gasteiger partial charge in [0, 0.05) is 6.61 Å². The third kappa shape index (κ3) is 2.63. The number of methoxy groups -OCH3 is 1. The fraction of sp³-hybridized carbons (Fsp3) is 0.500. The van der Waals surface area contributed by atoms with Crippen molar-refractivity contribution in [3.05, 3.63) is 23.8 Å². The smallest absolute Gasteiger partial charge is 0.160 e. The minimum atomic E-state index is -0.140.